The van der Waals surface area contributed by atoms with Crippen LogP contribution in [0.1, 0.15) is 38.5 Å². The van der Waals surface area contributed by atoms with Gasteiger partial charge >= 0.3 is 0 Å². The number of amides is 1. The lowest BCUT2D eigenvalue weighted by Crippen LogP contribution is -2.51. The summed E-state index contributed by atoms with van der Waals surface area (Å²) in [5.41, 5.74) is 0. The highest BCUT2D eigenvalue weighted by Crippen LogP contribution is 2.38. The molecule has 5 atom stereocenters. The third kappa shape index (κ3) is 3.98. The summed E-state index contributed by atoms with van der Waals surface area (Å²) in [6.07, 6.45) is 2.89. The molecule has 2 N–H and O–H groups in total. The molecule has 3 fully saturated rings. The van der Waals surface area contributed by atoms with Crippen molar-refractivity contribution in [2.24, 2.45) is 5.92 Å². The first-order chi connectivity index (χ1) is 14.2. The highest BCUT2D eigenvalue weighted by molar-refractivity contribution is 7.89. The predicted molar refractivity (Wildman–Crippen MR) is 113 cm³/mol. The molecular formula is C20H26Cl2N2O5S. The summed E-state index contributed by atoms with van der Waals surface area (Å²) >= 11 is 11.9. The maximum atomic E-state index is 13.5. The van der Waals surface area contributed by atoms with Crippen LogP contribution in [0.4, 0.5) is 0 Å². The first kappa shape index (κ1) is 22.3. The molecule has 5 unspecified atom stereocenters. The van der Waals surface area contributed by atoms with Crippen molar-refractivity contribution in [2.45, 2.75) is 67.7 Å². The molecule has 4 rings (SSSR count). The van der Waals surface area contributed by atoms with Crippen LogP contribution in [0.3, 0.4) is 0 Å². The number of β-amino-alcohol motifs (C(OH)–C–C–N with tert-alkyl or cyclic N) is 1. The second kappa shape index (κ2) is 8.56. The Labute approximate surface area is 186 Å². The van der Waals surface area contributed by atoms with Crippen LogP contribution in [0.25, 0.3) is 0 Å². The first-order valence-electron chi connectivity index (χ1n) is 10.3. The summed E-state index contributed by atoms with van der Waals surface area (Å²) in [6, 6.07) is 2.96. The van der Waals surface area contributed by atoms with E-state index in [-0.39, 0.29) is 45.8 Å². The van der Waals surface area contributed by atoms with E-state index in [0.717, 1.165) is 36.4 Å². The van der Waals surface area contributed by atoms with Crippen molar-refractivity contribution in [3.8, 4) is 0 Å². The molecule has 2 saturated heterocycles. The highest BCUT2D eigenvalue weighted by Gasteiger charge is 2.48. The van der Waals surface area contributed by atoms with Crippen LogP contribution in [-0.2, 0) is 14.8 Å². The average Bonchev–Trinajstić information content (AvgIpc) is 3.42. The van der Waals surface area contributed by atoms with Gasteiger partial charge in [-0.3, -0.25) is 4.79 Å². The summed E-state index contributed by atoms with van der Waals surface area (Å²) in [6.45, 7) is 0.392. The van der Waals surface area contributed by atoms with Gasteiger partial charge in [0.05, 0.1) is 27.1 Å². The summed E-state index contributed by atoms with van der Waals surface area (Å²) in [7, 11) is -4.05. The van der Waals surface area contributed by atoms with Crippen molar-refractivity contribution in [1.29, 1.82) is 0 Å². The van der Waals surface area contributed by atoms with E-state index in [0.29, 0.717) is 6.54 Å². The van der Waals surface area contributed by atoms with Crippen LogP contribution in [0.15, 0.2) is 23.1 Å². The molecule has 0 radical (unpaired) electrons. The maximum absolute atomic E-state index is 13.5. The van der Waals surface area contributed by atoms with Crippen molar-refractivity contribution >= 4 is 39.1 Å². The lowest BCUT2D eigenvalue weighted by molar-refractivity contribution is -0.137. The molecule has 2 heterocycles. The maximum Gasteiger partial charge on any atom is 0.243 e. The van der Waals surface area contributed by atoms with Crippen molar-refractivity contribution in [1.82, 2.24) is 9.21 Å². The molecule has 30 heavy (non-hydrogen) atoms. The molecule has 3 aliphatic rings. The van der Waals surface area contributed by atoms with E-state index in [2.05, 4.69) is 0 Å². The minimum absolute atomic E-state index is 0.0305. The zero-order valence-corrected chi connectivity index (χ0v) is 18.8. The second-order valence-corrected chi connectivity index (χ2v) is 11.2. The van der Waals surface area contributed by atoms with Gasteiger partial charge in [-0.1, -0.05) is 29.6 Å². The molecule has 1 aromatic rings. The molecule has 1 aliphatic carbocycles. The van der Waals surface area contributed by atoms with Gasteiger partial charge < -0.3 is 15.1 Å². The minimum Gasteiger partial charge on any atom is -0.393 e. The Morgan fingerprint density at radius 1 is 1.07 bits per heavy atom. The summed E-state index contributed by atoms with van der Waals surface area (Å²) < 4.78 is 27.6. The minimum atomic E-state index is -4.05. The fraction of sp³-hybridized carbons (Fsp3) is 0.650. The molecule has 1 aromatic carbocycles. The van der Waals surface area contributed by atoms with E-state index in [1.54, 1.807) is 4.90 Å². The quantitative estimate of drug-likeness (QED) is 0.694. The number of carbonyl (C=O) groups excluding carboxylic acids is 1. The third-order valence-electron chi connectivity index (χ3n) is 6.62. The monoisotopic (exact) mass is 476 g/mol. The number of hydrogen-bond acceptors (Lipinski definition) is 5. The van der Waals surface area contributed by atoms with Gasteiger partial charge in [-0.15, -0.1) is 0 Å². The normalized spacial score (nSPS) is 32.8. The van der Waals surface area contributed by atoms with Crippen molar-refractivity contribution in [3.05, 3.63) is 28.2 Å². The van der Waals surface area contributed by atoms with E-state index in [4.69, 9.17) is 23.2 Å². The van der Waals surface area contributed by atoms with Crippen LogP contribution in [0.5, 0.6) is 0 Å². The number of sulfonamides is 1. The third-order valence-corrected chi connectivity index (χ3v) is 9.23. The molecule has 0 bridgehead atoms. The van der Waals surface area contributed by atoms with Crippen LogP contribution in [0, 0.1) is 5.92 Å². The van der Waals surface area contributed by atoms with Gasteiger partial charge in [0, 0.05) is 31.5 Å². The average molecular weight is 477 g/mol. The zero-order chi connectivity index (χ0) is 21.6. The van der Waals surface area contributed by atoms with E-state index in [1.807, 2.05) is 0 Å². The SMILES string of the molecule is O=C(C1CC(O)CN1S(=O)(=O)c1ccc(Cl)c(Cl)c1)N1CCCC1C1CCCC1O. The highest BCUT2D eigenvalue weighted by atomic mass is 35.5. The topological polar surface area (TPSA) is 98.2 Å². The summed E-state index contributed by atoms with van der Waals surface area (Å²) in [4.78, 5) is 15.1. The molecular weight excluding hydrogens is 451 g/mol. The standard InChI is InChI=1S/C20H26Cl2N2O5S/c21-15-7-6-13(10-16(15)22)30(28,29)24-11-12(25)9-18(24)20(27)23-8-2-4-17(23)14-3-1-5-19(14)26/h6-7,10,12,14,17-19,25-26H,1-5,8-9,11H2. The first-order valence-corrected chi connectivity index (χ1v) is 12.5. The Hall–Kier alpha value is -0.900. The largest absolute Gasteiger partial charge is 0.393 e. The molecule has 0 aromatic heterocycles. The summed E-state index contributed by atoms with van der Waals surface area (Å²) in [5, 5.41) is 20.9. The molecule has 2 aliphatic heterocycles. The second-order valence-electron chi connectivity index (χ2n) is 8.46. The van der Waals surface area contributed by atoms with E-state index >= 15 is 0 Å². The lowest BCUT2D eigenvalue weighted by Gasteiger charge is -2.34. The van der Waals surface area contributed by atoms with Gasteiger partial charge in [-0.05, 0) is 43.9 Å². The molecule has 1 saturated carbocycles. The van der Waals surface area contributed by atoms with Gasteiger partial charge in [0.15, 0.2) is 0 Å². The number of likely N-dealkylation sites (tertiary alicyclic amines) is 1. The molecule has 1 amide bonds. The number of halogens is 2. The number of hydrogen-bond donors (Lipinski definition) is 2. The molecule has 166 valence electrons. The number of aliphatic hydroxyl groups is 2. The Kier molecular flexibility index (Phi) is 6.36. The number of rotatable bonds is 4. The smallest absolute Gasteiger partial charge is 0.243 e. The number of benzene rings is 1. The number of aliphatic hydroxyl groups excluding tert-OH is 2. The van der Waals surface area contributed by atoms with Crippen LogP contribution < -0.4 is 0 Å². The number of carbonyl (C=O) groups is 1. The Morgan fingerprint density at radius 3 is 2.50 bits per heavy atom. The van der Waals surface area contributed by atoms with Crippen molar-refractivity contribution in [2.75, 3.05) is 13.1 Å². The molecule has 10 heteroatoms. The van der Waals surface area contributed by atoms with Crippen molar-refractivity contribution < 1.29 is 23.4 Å². The molecule has 7 nitrogen and oxygen atoms in total. The summed E-state index contributed by atoms with van der Waals surface area (Å²) in [5.74, 6) is -0.264. The van der Waals surface area contributed by atoms with Crippen LogP contribution >= 0.6 is 23.2 Å². The van der Waals surface area contributed by atoms with Gasteiger partial charge in [0.2, 0.25) is 15.9 Å². The fourth-order valence-corrected chi connectivity index (χ4v) is 7.19. The molecule has 0 spiro atoms. The van der Waals surface area contributed by atoms with Crippen LogP contribution in [-0.4, -0.2) is 71.1 Å². The van der Waals surface area contributed by atoms with Crippen LogP contribution in [0.2, 0.25) is 10.0 Å². The van der Waals surface area contributed by atoms with Gasteiger partial charge in [-0.2, -0.15) is 4.31 Å². The van der Waals surface area contributed by atoms with Crippen molar-refractivity contribution in [3.63, 3.8) is 0 Å². The van der Waals surface area contributed by atoms with Gasteiger partial charge in [0.25, 0.3) is 0 Å². The Balaban J connectivity index is 1.60. The van der Waals surface area contributed by atoms with Gasteiger partial charge in [-0.25, -0.2) is 8.42 Å². The van der Waals surface area contributed by atoms with E-state index in [1.165, 1.54) is 18.2 Å². The Bertz CT molecular complexity index is 928. The number of nitrogens with zero attached hydrogens (tertiary/aromatic N) is 2. The fourth-order valence-electron chi connectivity index (χ4n) is 5.17. The predicted octanol–water partition coefficient (Wildman–Crippen LogP) is 2.27. The van der Waals surface area contributed by atoms with E-state index < -0.39 is 28.3 Å². The zero-order valence-electron chi connectivity index (χ0n) is 16.5. The van der Waals surface area contributed by atoms with E-state index in [9.17, 15) is 23.4 Å². The van der Waals surface area contributed by atoms with Gasteiger partial charge in [0.1, 0.15) is 6.04 Å². The Morgan fingerprint density at radius 2 is 1.83 bits per heavy atom. The lowest BCUT2D eigenvalue weighted by atomic mass is 9.93.